The number of anilines is 1. The zero-order chi connectivity index (χ0) is 19.2. The lowest BCUT2D eigenvalue weighted by atomic mass is 9.98. The molecule has 6 nitrogen and oxygen atoms in total. The zero-order valence-corrected chi connectivity index (χ0v) is 16.7. The smallest absolute Gasteiger partial charge is 0.227 e. The molecule has 1 aromatic heterocycles. The van der Waals surface area contributed by atoms with Crippen LogP contribution in [-0.4, -0.2) is 33.8 Å². The molecule has 0 unspecified atom stereocenters. The van der Waals surface area contributed by atoms with Crippen LogP contribution < -0.4 is 10.6 Å². The van der Waals surface area contributed by atoms with Gasteiger partial charge in [0.2, 0.25) is 11.9 Å². The molecule has 1 aromatic carbocycles. The van der Waals surface area contributed by atoms with Crippen LogP contribution >= 0.6 is 0 Å². The van der Waals surface area contributed by atoms with E-state index >= 15 is 0 Å². The predicted molar refractivity (Wildman–Crippen MR) is 108 cm³/mol. The summed E-state index contributed by atoms with van der Waals surface area (Å²) in [5.41, 5.74) is 2.54. The van der Waals surface area contributed by atoms with Crippen LogP contribution in [0.15, 0.2) is 24.3 Å². The number of amides is 1. The molecule has 1 aliphatic rings. The number of hydrogen-bond acceptors (Lipinski definition) is 4. The number of aryl methyl sites for hydroxylation is 2. The Morgan fingerprint density at radius 2 is 1.89 bits per heavy atom. The van der Waals surface area contributed by atoms with Crippen LogP contribution in [0.4, 0.5) is 5.95 Å². The summed E-state index contributed by atoms with van der Waals surface area (Å²) in [6.45, 7) is 6.45. The monoisotopic (exact) mass is 369 g/mol. The summed E-state index contributed by atoms with van der Waals surface area (Å²) in [7, 11) is 1.83. The van der Waals surface area contributed by atoms with Crippen LogP contribution in [0.1, 0.15) is 56.0 Å². The Morgan fingerprint density at radius 1 is 1.22 bits per heavy atom. The average Bonchev–Trinajstić information content (AvgIpc) is 3.02. The van der Waals surface area contributed by atoms with Gasteiger partial charge in [0, 0.05) is 19.4 Å². The SMILES string of the molecule is CC(C)Cc1ccc(CCC(=O)Nc2nc(C3CCNCC3)nn2C)cc1. The van der Waals surface area contributed by atoms with Gasteiger partial charge in [-0.05, 0) is 55.8 Å². The van der Waals surface area contributed by atoms with Crippen molar-refractivity contribution in [2.75, 3.05) is 18.4 Å². The fourth-order valence-corrected chi connectivity index (χ4v) is 3.52. The molecule has 2 N–H and O–H groups in total. The summed E-state index contributed by atoms with van der Waals surface area (Å²) < 4.78 is 1.68. The minimum atomic E-state index is -0.0198. The lowest BCUT2D eigenvalue weighted by molar-refractivity contribution is -0.116. The molecule has 0 atom stereocenters. The fourth-order valence-electron chi connectivity index (χ4n) is 3.52. The number of carbonyl (C=O) groups is 1. The highest BCUT2D eigenvalue weighted by Crippen LogP contribution is 2.23. The van der Waals surface area contributed by atoms with Crippen LogP contribution in [0.3, 0.4) is 0 Å². The van der Waals surface area contributed by atoms with E-state index in [1.54, 1.807) is 4.68 Å². The van der Waals surface area contributed by atoms with Crippen LogP contribution in [0.5, 0.6) is 0 Å². The number of carbonyl (C=O) groups excluding carboxylic acids is 1. The van der Waals surface area contributed by atoms with Crippen LogP contribution in [-0.2, 0) is 24.7 Å². The summed E-state index contributed by atoms with van der Waals surface area (Å²) in [4.78, 5) is 16.9. The molecular formula is C21H31N5O. The average molecular weight is 370 g/mol. The van der Waals surface area contributed by atoms with Gasteiger partial charge < -0.3 is 5.32 Å². The van der Waals surface area contributed by atoms with Crippen molar-refractivity contribution in [3.8, 4) is 0 Å². The van der Waals surface area contributed by atoms with E-state index in [1.165, 1.54) is 11.1 Å². The van der Waals surface area contributed by atoms with Gasteiger partial charge in [0.25, 0.3) is 0 Å². The molecule has 1 amide bonds. The van der Waals surface area contributed by atoms with Crippen LogP contribution in [0.2, 0.25) is 0 Å². The lowest BCUT2D eigenvalue weighted by Gasteiger charge is -2.19. The first kappa shape index (κ1) is 19.5. The standard InChI is InChI=1S/C21H31N5O/c1-15(2)14-17-6-4-16(5-7-17)8-9-19(27)23-21-24-20(25-26(21)3)18-10-12-22-13-11-18/h4-7,15,18,22H,8-14H2,1-3H3,(H,23,24,25,27). The van der Waals surface area contributed by atoms with Gasteiger partial charge in [-0.25, -0.2) is 4.68 Å². The molecule has 1 fully saturated rings. The van der Waals surface area contributed by atoms with E-state index in [-0.39, 0.29) is 5.91 Å². The third-order valence-corrected chi connectivity index (χ3v) is 5.04. The summed E-state index contributed by atoms with van der Waals surface area (Å²) in [5.74, 6) is 2.40. The Labute approximate surface area is 161 Å². The minimum Gasteiger partial charge on any atom is -0.317 e. The molecule has 1 aliphatic heterocycles. The summed E-state index contributed by atoms with van der Waals surface area (Å²) in [6.07, 6.45) is 4.35. The van der Waals surface area contributed by atoms with Gasteiger partial charge in [-0.2, -0.15) is 10.1 Å². The summed E-state index contributed by atoms with van der Waals surface area (Å²) in [5, 5.41) is 10.8. The molecule has 1 saturated heterocycles. The maximum Gasteiger partial charge on any atom is 0.227 e. The topological polar surface area (TPSA) is 71.8 Å². The van der Waals surface area contributed by atoms with Gasteiger partial charge in [-0.15, -0.1) is 0 Å². The highest BCUT2D eigenvalue weighted by Gasteiger charge is 2.21. The van der Waals surface area contributed by atoms with Gasteiger partial charge >= 0.3 is 0 Å². The Morgan fingerprint density at radius 3 is 2.56 bits per heavy atom. The molecule has 2 aromatic rings. The largest absolute Gasteiger partial charge is 0.317 e. The third kappa shape index (κ3) is 5.63. The minimum absolute atomic E-state index is 0.0198. The summed E-state index contributed by atoms with van der Waals surface area (Å²) >= 11 is 0. The van der Waals surface area contributed by atoms with E-state index in [2.05, 4.69) is 58.8 Å². The first-order chi connectivity index (χ1) is 13.0. The Kier molecular flexibility index (Phi) is 6.61. The molecule has 0 bridgehead atoms. The molecule has 0 aliphatic carbocycles. The second-order valence-corrected chi connectivity index (χ2v) is 7.90. The molecule has 146 valence electrons. The fraction of sp³-hybridized carbons (Fsp3) is 0.571. The maximum absolute atomic E-state index is 12.3. The Balaban J connectivity index is 1.51. The van der Waals surface area contributed by atoms with E-state index in [0.29, 0.717) is 24.2 Å². The van der Waals surface area contributed by atoms with Gasteiger partial charge in [-0.1, -0.05) is 38.1 Å². The Hall–Kier alpha value is -2.21. The first-order valence-corrected chi connectivity index (χ1v) is 10.0. The van der Waals surface area contributed by atoms with Crippen molar-refractivity contribution in [3.05, 3.63) is 41.2 Å². The normalized spacial score (nSPS) is 15.3. The molecule has 0 radical (unpaired) electrons. The quantitative estimate of drug-likeness (QED) is 0.787. The van der Waals surface area contributed by atoms with E-state index in [4.69, 9.17) is 0 Å². The predicted octanol–water partition coefficient (Wildman–Crippen LogP) is 3.05. The number of benzene rings is 1. The van der Waals surface area contributed by atoms with Gasteiger partial charge in [0.15, 0.2) is 5.82 Å². The number of hydrogen-bond donors (Lipinski definition) is 2. The molecule has 2 heterocycles. The number of aromatic nitrogens is 3. The van der Waals surface area contributed by atoms with Crippen molar-refractivity contribution in [2.24, 2.45) is 13.0 Å². The Bertz CT molecular complexity index is 744. The third-order valence-electron chi connectivity index (χ3n) is 5.04. The van der Waals surface area contributed by atoms with E-state index in [1.807, 2.05) is 7.05 Å². The van der Waals surface area contributed by atoms with E-state index < -0.39 is 0 Å². The number of nitrogens with one attached hydrogen (secondary N) is 2. The number of nitrogens with zero attached hydrogens (tertiary/aromatic N) is 3. The second-order valence-electron chi connectivity index (χ2n) is 7.90. The first-order valence-electron chi connectivity index (χ1n) is 10.0. The maximum atomic E-state index is 12.3. The van der Waals surface area contributed by atoms with Crippen molar-refractivity contribution in [1.29, 1.82) is 0 Å². The number of piperidine rings is 1. The highest BCUT2D eigenvalue weighted by molar-refractivity contribution is 5.89. The lowest BCUT2D eigenvalue weighted by Crippen LogP contribution is -2.27. The van der Waals surface area contributed by atoms with Crippen molar-refractivity contribution >= 4 is 11.9 Å². The second kappa shape index (κ2) is 9.13. The highest BCUT2D eigenvalue weighted by atomic mass is 16.1. The summed E-state index contributed by atoms with van der Waals surface area (Å²) in [6, 6.07) is 8.59. The number of rotatable bonds is 7. The molecule has 0 spiro atoms. The van der Waals surface area contributed by atoms with Crippen molar-refractivity contribution in [1.82, 2.24) is 20.1 Å². The van der Waals surface area contributed by atoms with Gasteiger partial charge in [-0.3, -0.25) is 10.1 Å². The van der Waals surface area contributed by atoms with Gasteiger partial charge in [0.1, 0.15) is 0 Å². The molecule has 6 heteroatoms. The van der Waals surface area contributed by atoms with Crippen LogP contribution in [0, 0.1) is 5.92 Å². The van der Waals surface area contributed by atoms with Crippen LogP contribution in [0.25, 0.3) is 0 Å². The molecule has 27 heavy (non-hydrogen) atoms. The van der Waals surface area contributed by atoms with Gasteiger partial charge in [0.05, 0.1) is 0 Å². The van der Waals surface area contributed by atoms with Crippen molar-refractivity contribution < 1.29 is 4.79 Å². The van der Waals surface area contributed by atoms with E-state index in [9.17, 15) is 4.79 Å². The van der Waals surface area contributed by atoms with Crippen molar-refractivity contribution in [3.63, 3.8) is 0 Å². The zero-order valence-electron chi connectivity index (χ0n) is 16.7. The molecule has 3 rings (SSSR count). The van der Waals surface area contributed by atoms with Crippen molar-refractivity contribution in [2.45, 2.75) is 51.9 Å². The molecular weight excluding hydrogens is 338 g/mol. The van der Waals surface area contributed by atoms with E-state index in [0.717, 1.165) is 44.6 Å². The molecule has 0 saturated carbocycles.